The van der Waals surface area contributed by atoms with Crippen LogP contribution in [0.5, 0.6) is 0 Å². The number of nitrogens with zero attached hydrogens (tertiary/aromatic N) is 1. The number of rotatable bonds is 3. The molecule has 0 aliphatic heterocycles. The zero-order valence-corrected chi connectivity index (χ0v) is 13.4. The first-order valence-corrected chi connectivity index (χ1v) is 7.93. The van der Waals surface area contributed by atoms with E-state index in [0.717, 1.165) is 21.4 Å². The third kappa shape index (κ3) is 2.89. The maximum absolute atomic E-state index is 12.3. The molecule has 22 heavy (non-hydrogen) atoms. The Bertz CT molecular complexity index is 855. The molecule has 110 valence electrons. The van der Waals surface area contributed by atoms with Crippen LogP contribution in [-0.4, -0.2) is 11.6 Å². The van der Waals surface area contributed by atoms with Crippen LogP contribution in [0.15, 0.2) is 59.7 Å². The first-order chi connectivity index (χ1) is 10.7. The number of halogens is 1. The highest BCUT2D eigenvalue weighted by atomic mass is 35.5. The first-order valence-electron chi connectivity index (χ1n) is 6.74. The highest BCUT2D eigenvalue weighted by molar-refractivity contribution is 7.21. The summed E-state index contributed by atoms with van der Waals surface area (Å²) < 4.78 is 0.987. The summed E-state index contributed by atoms with van der Waals surface area (Å²) in [7, 11) is 0. The Morgan fingerprint density at radius 1 is 1.09 bits per heavy atom. The van der Waals surface area contributed by atoms with E-state index >= 15 is 0 Å². The van der Waals surface area contributed by atoms with Crippen molar-refractivity contribution in [1.29, 1.82) is 0 Å². The molecular weight excluding hydrogens is 316 g/mol. The van der Waals surface area contributed by atoms with E-state index in [4.69, 9.17) is 11.6 Å². The van der Waals surface area contributed by atoms with Crippen LogP contribution in [0, 0.1) is 0 Å². The third-order valence-electron chi connectivity index (χ3n) is 3.26. The predicted octanol–water partition coefficient (Wildman–Crippen LogP) is 4.71. The number of fused-ring (bicyclic) bond motifs is 1. The van der Waals surface area contributed by atoms with E-state index in [2.05, 4.69) is 10.5 Å². The number of carbonyl (C=O) groups is 1. The number of carbonyl (C=O) groups excluding carboxylic acids is 1. The molecule has 0 aliphatic carbocycles. The fourth-order valence-corrected chi connectivity index (χ4v) is 3.50. The molecule has 0 spiro atoms. The minimum absolute atomic E-state index is 0.290. The zero-order chi connectivity index (χ0) is 15.5. The second-order valence-corrected chi connectivity index (χ2v) is 6.18. The molecule has 0 fully saturated rings. The predicted molar refractivity (Wildman–Crippen MR) is 93.0 cm³/mol. The second-order valence-electron chi connectivity index (χ2n) is 4.75. The lowest BCUT2D eigenvalue weighted by Gasteiger charge is -2.01. The number of hydrogen-bond acceptors (Lipinski definition) is 3. The fourth-order valence-electron chi connectivity index (χ4n) is 2.09. The quantitative estimate of drug-likeness (QED) is 0.549. The van der Waals surface area contributed by atoms with Crippen molar-refractivity contribution in [2.75, 3.05) is 0 Å². The lowest BCUT2D eigenvalue weighted by Crippen LogP contribution is -2.18. The van der Waals surface area contributed by atoms with E-state index in [1.807, 2.05) is 61.5 Å². The van der Waals surface area contributed by atoms with Crippen molar-refractivity contribution < 1.29 is 4.79 Å². The van der Waals surface area contributed by atoms with Gasteiger partial charge in [0.25, 0.3) is 5.91 Å². The van der Waals surface area contributed by atoms with Gasteiger partial charge >= 0.3 is 0 Å². The monoisotopic (exact) mass is 328 g/mol. The Balaban J connectivity index is 1.83. The van der Waals surface area contributed by atoms with Crippen molar-refractivity contribution >= 4 is 44.6 Å². The summed E-state index contributed by atoms with van der Waals surface area (Å²) >= 11 is 7.65. The molecule has 3 rings (SSSR count). The summed E-state index contributed by atoms with van der Waals surface area (Å²) in [6.07, 6.45) is 0. The SMILES string of the molecule is C/C(=N/NC(=O)c1sc2ccccc2c1Cl)c1ccccc1. The summed E-state index contributed by atoms with van der Waals surface area (Å²) in [6, 6.07) is 17.4. The fraction of sp³-hybridized carbons (Fsp3) is 0.0588. The van der Waals surface area contributed by atoms with Crippen LogP contribution in [0.4, 0.5) is 0 Å². The Labute approximate surface area is 137 Å². The molecule has 1 amide bonds. The van der Waals surface area contributed by atoms with E-state index in [9.17, 15) is 4.79 Å². The maximum atomic E-state index is 12.3. The number of amides is 1. The molecule has 3 nitrogen and oxygen atoms in total. The van der Waals surface area contributed by atoms with Gasteiger partial charge in [-0.05, 0) is 18.6 Å². The van der Waals surface area contributed by atoms with Gasteiger partial charge in [0.1, 0.15) is 4.88 Å². The minimum atomic E-state index is -0.290. The summed E-state index contributed by atoms with van der Waals surface area (Å²) in [4.78, 5) is 12.8. The van der Waals surface area contributed by atoms with E-state index in [1.165, 1.54) is 11.3 Å². The van der Waals surface area contributed by atoms with Crippen molar-refractivity contribution in [1.82, 2.24) is 5.43 Å². The Morgan fingerprint density at radius 2 is 1.77 bits per heavy atom. The molecule has 0 bridgehead atoms. The number of hydrogen-bond donors (Lipinski definition) is 1. The van der Waals surface area contributed by atoms with E-state index in [1.54, 1.807) is 0 Å². The van der Waals surface area contributed by atoms with Crippen LogP contribution in [0.1, 0.15) is 22.2 Å². The maximum Gasteiger partial charge on any atom is 0.283 e. The number of thiophene rings is 1. The van der Waals surface area contributed by atoms with Gasteiger partial charge in [-0.25, -0.2) is 5.43 Å². The van der Waals surface area contributed by atoms with Crippen molar-refractivity contribution in [3.8, 4) is 0 Å². The summed E-state index contributed by atoms with van der Waals surface area (Å²) in [5, 5.41) is 5.52. The Kier molecular flexibility index (Phi) is 4.22. The number of nitrogens with one attached hydrogen (secondary N) is 1. The average Bonchev–Trinajstić information content (AvgIpc) is 2.90. The van der Waals surface area contributed by atoms with Gasteiger partial charge in [0.2, 0.25) is 0 Å². The van der Waals surface area contributed by atoms with Crippen LogP contribution in [0.25, 0.3) is 10.1 Å². The van der Waals surface area contributed by atoms with Crippen molar-refractivity contribution in [2.24, 2.45) is 5.10 Å². The second kappa shape index (κ2) is 6.30. The Morgan fingerprint density at radius 3 is 2.50 bits per heavy atom. The van der Waals surface area contributed by atoms with Gasteiger partial charge in [-0.1, -0.05) is 60.1 Å². The van der Waals surface area contributed by atoms with Crippen LogP contribution in [-0.2, 0) is 0 Å². The number of hydrazone groups is 1. The van der Waals surface area contributed by atoms with Crippen LogP contribution < -0.4 is 5.43 Å². The smallest absolute Gasteiger partial charge is 0.266 e. The van der Waals surface area contributed by atoms with E-state index < -0.39 is 0 Å². The summed E-state index contributed by atoms with van der Waals surface area (Å²) in [5.41, 5.74) is 4.28. The van der Waals surface area contributed by atoms with Gasteiger partial charge < -0.3 is 0 Å². The largest absolute Gasteiger partial charge is 0.283 e. The topological polar surface area (TPSA) is 41.5 Å². The number of benzene rings is 2. The molecule has 0 aliphatic rings. The molecule has 0 unspecified atom stereocenters. The third-order valence-corrected chi connectivity index (χ3v) is 4.93. The summed E-state index contributed by atoms with van der Waals surface area (Å²) in [5.74, 6) is -0.290. The van der Waals surface area contributed by atoms with Crippen LogP contribution in [0.3, 0.4) is 0 Å². The van der Waals surface area contributed by atoms with E-state index in [0.29, 0.717) is 9.90 Å². The molecule has 0 atom stereocenters. The molecule has 0 saturated heterocycles. The molecule has 1 heterocycles. The van der Waals surface area contributed by atoms with Gasteiger partial charge in [-0.3, -0.25) is 4.79 Å². The normalized spacial score (nSPS) is 11.6. The standard InChI is InChI=1S/C17H13ClN2OS/c1-11(12-7-3-2-4-8-12)19-20-17(21)16-15(18)13-9-5-6-10-14(13)22-16/h2-10H,1H3,(H,20,21)/b19-11-. The lowest BCUT2D eigenvalue weighted by atomic mass is 10.1. The lowest BCUT2D eigenvalue weighted by molar-refractivity contribution is 0.0959. The van der Waals surface area contributed by atoms with Gasteiger partial charge in [-0.2, -0.15) is 5.10 Å². The van der Waals surface area contributed by atoms with Gasteiger partial charge in [0, 0.05) is 10.1 Å². The van der Waals surface area contributed by atoms with Crippen LogP contribution in [0.2, 0.25) is 5.02 Å². The average molecular weight is 329 g/mol. The van der Waals surface area contributed by atoms with Gasteiger partial charge in [0.05, 0.1) is 10.7 Å². The highest BCUT2D eigenvalue weighted by Crippen LogP contribution is 2.34. The van der Waals surface area contributed by atoms with Gasteiger partial charge in [-0.15, -0.1) is 11.3 Å². The van der Waals surface area contributed by atoms with Crippen LogP contribution >= 0.6 is 22.9 Å². The van der Waals surface area contributed by atoms with Crippen molar-refractivity contribution in [2.45, 2.75) is 6.92 Å². The molecule has 1 aromatic heterocycles. The molecular formula is C17H13ClN2OS. The van der Waals surface area contributed by atoms with Gasteiger partial charge in [0.15, 0.2) is 0 Å². The van der Waals surface area contributed by atoms with E-state index in [-0.39, 0.29) is 5.91 Å². The van der Waals surface area contributed by atoms with Crippen molar-refractivity contribution in [3.05, 3.63) is 70.1 Å². The zero-order valence-electron chi connectivity index (χ0n) is 11.8. The first kappa shape index (κ1) is 14.8. The minimum Gasteiger partial charge on any atom is -0.266 e. The molecule has 1 N–H and O–H groups in total. The Hall–Kier alpha value is -2.17. The highest BCUT2D eigenvalue weighted by Gasteiger charge is 2.16. The molecule has 5 heteroatoms. The molecule has 0 saturated carbocycles. The van der Waals surface area contributed by atoms with Crippen molar-refractivity contribution in [3.63, 3.8) is 0 Å². The summed E-state index contributed by atoms with van der Waals surface area (Å²) in [6.45, 7) is 1.85. The molecule has 3 aromatic rings. The molecule has 2 aromatic carbocycles. The molecule has 0 radical (unpaired) electrons.